The number of likely N-dealkylation sites (tertiary alicyclic amines) is 1. The van der Waals surface area contributed by atoms with Crippen molar-refractivity contribution in [2.45, 2.75) is 45.8 Å². The summed E-state index contributed by atoms with van der Waals surface area (Å²) < 4.78 is 7.62. The highest BCUT2D eigenvalue weighted by Gasteiger charge is 2.26. The number of aromatic nitrogens is 1. The van der Waals surface area contributed by atoms with Crippen LogP contribution in [-0.4, -0.2) is 41.2 Å². The number of anilines is 1. The van der Waals surface area contributed by atoms with E-state index in [1.165, 1.54) is 0 Å². The first-order valence-corrected chi connectivity index (χ1v) is 7.52. The van der Waals surface area contributed by atoms with Gasteiger partial charge < -0.3 is 19.9 Å². The summed E-state index contributed by atoms with van der Waals surface area (Å²) in [6.07, 6.45) is 5.04. The van der Waals surface area contributed by atoms with Gasteiger partial charge in [-0.3, -0.25) is 4.79 Å². The highest BCUT2D eigenvalue weighted by Crippen LogP contribution is 2.19. The quantitative estimate of drug-likeness (QED) is 0.898. The molecule has 1 amide bonds. The van der Waals surface area contributed by atoms with Crippen molar-refractivity contribution >= 4 is 11.6 Å². The number of ether oxygens (including phenoxy) is 1. The maximum atomic E-state index is 12.7. The highest BCUT2D eigenvalue weighted by atomic mass is 16.5. The molecule has 2 heterocycles. The van der Waals surface area contributed by atoms with Crippen molar-refractivity contribution in [1.82, 2.24) is 9.47 Å². The summed E-state index contributed by atoms with van der Waals surface area (Å²) in [7, 11) is 0. The van der Waals surface area contributed by atoms with Gasteiger partial charge in [-0.2, -0.15) is 0 Å². The fourth-order valence-electron chi connectivity index (χ4n) is 2.79. The molecule has 2 rings (SSSR count). The molecule has 1 aliphatic rings. The summed E-state index contributed by atoms with van der Waals surface area (Å²) in [5, 5.41) is 0. The highest BCUT2D eigenvalue weighted by molar-refractivity contribution is 5.94. The second-order valence-corrected chi connectivity index (χ2v) is 5.32. The molecule has 20 heavy (non-hydrogen) atoms. The minimum absolute atomic E-state index is 0.0690. The van der Waals surface area contributed by atoms with Crippen molar-refractivity contribution in [3.05, 3.63) is 18.0 Å². The molecule has 1 fully saturated rings. The van der Waals surface area contributed by atoms with Crippen LogP contribution in [0.2, 0.25) is 0 Å². The number of nitrogens with zero attached hydrogens (tertiary/aromatic N) is 2. The van der Waals surface area contributed by atoms with Crippen LogP contribution in [0.5, 0.6) is 0 Å². The number of hydrogen-bond donors (Lipinski definition) is 1. The molecule has 1 atom stereocenters. The zero-order valence-electron chi connectivity index (χ0n) is 12.5. The van der Waals surface area contributed by atoms with Crippen LogP contribution in [0.3, 0.4) is 0 Å². The van der Waals surface area contributed by atoms with Crippen molar-refractivity contribution < 1.29 is 9.53 Å². The van der Waals surface area contributed by atoms with Gasteiger partial charge in [0.2, 0.25) is 0 Å². The standard InChI is InChI=1S/C15H25N3O2/c1-3-7-17-10-12(16)9-14(17)15(19)18-8-5-6-13(11-18)20-4-2/h9-10,13H,3-8,11,16H2,1-2H3. The Morgan fingerprint density at radius 2 is 2.30 bits per heavy atom. The number of piperidine rings is 1. The molecule has 112 valence electrons. The van der Waals surface area contributed by atoms with E-state index >= 15 is 0 Å². The lowest BCUT2D eigenvalue weighted by Crippen LogP contribution is -2.43. The van der Waals surface area contributed by atoms with Gasteiger partial charge in [0.25, 0.3) is 5.91 Å². The normalized spacial score (nSPS) is 19.3. The average Bonchev–Trinajstić information content (AvgIpc) is 2.80. The Bertz CT molecular complexity index is 454. The SMILES string of the molecule is CCCn1cc(N)cc1C(=O)N1CCCC(OCC)C1. The molecular formula is C15H25N3O2. The van der Waals surface area contributed by atoms with Gasteiger partial charge in [0.1, 0.15) is 5.69 Å². The van der Waals surface area contributed by atoms with Crippen LogP contribution in [0.15, 0.2) is 12.3 Å². The molecule has 1 unspecified atom stereocenters. The van der Waals surface area contributed by atoms with Crippen LogP contribution >= 0.6 is 0 Å². The second-order valence-electron chi connectivity index (χ2n) is 5.32. The van der Waals surface area contributed by atoms with Crippen molar-refractivity contribution in [3.63, 3.8) is 0 Å². The number of carbonyl (C=O) groups excluding carboxylic acids is 1. The first kappa shape index (κ1) is 14.9. The van der Waals surface area contributed by atoms with Crippen molar-refractivity contribution in [2.75, 3.05) is 25.4 Å². The van der Waals surface area contributed by atoms with Gasteiger partial charge in [-0.25, -0.2) is 0 Å². The first-order valence-electron chi connectivity index (χ1n) is 7.52. The molecule has 1 saturated heterocycles. The number of amides is 1. The molecule has 0 saturated carbocycles. The maximum absolute atomic E-state index is 12.7. The Hall–Kier alpha value is -1.49. The number of hydrogen-bond acceptors (Lipinski definition) is 3. The predicted molar refractivity (Wildman–Crippen MR) is 79.7 cm³/mol. The predicted octanol–water partition coefficient (Wildman–Crippen LogP) is 2.12. The van der Waals surface area contributed by atoms with Crippen LogP contribution in [0, 0.1) is 0 Å². The molecule has 0 aromatic carbocycles. The van der Waals surface area contributed by atoms with E-state index in [1.54, 1.807) is 6.07 Å². The number of rotatable bonds is 5. The third kappa shape index (κ3) is 3.33. The molecule has 0 spiro atoms. The second kappa shape index (κ2) is 6.79. The molecule has 0 bridgehead atoms. The summed E-state index contributed by atoms with van der Waals surface area (Å²) in [6.45, 7) is 7.10. The summed E-state index contributed by atoms with van der Waals surface area (Å²) in [5.41, 5.74) is 7.18. The van der Waals surface area contributed by atoms with E-state index in [-0.39, 0.29) is 12.0 Å². The smallest absolute Gasteiger partial charge is 0.270 e. The largest absolute Gasteiger partial charge is 0.397 e. The zero-order chi connectivity index (χ0) is 14.5. The van der Waals surface area contributed by atoms with E-state index in [9.17, 15) is 4.79 Å². The number of nitrogens with two attached hydrogens (primary N) is 1. The molecule has 0 aliphatic carbocycles. The lowest BCUT2D eigenvalue weighted by Gasteiger charge is -2.32. The van der Waals surface area contributed by atoms with Gasteiger partial charge in [0, 0.05) is 32.4 Å². The van der Waals surface area contributed by atoms with Crippen molar-refractivity contribution in [1.29, 1.82) is 0 Å². The third-order valence-corrected chi connectivity index (χ3v) is 3.67. The van der Waals surface area contributed by atoms with Crippen LogP contribution < -0.4 is 5.73 Å². The van der Waals surface area contributed by atoms with Crippen molar-refractivity contribution in [2.24, 2.45) is 0 Å². The first-order chi connectivity index (χ1) is 9.65. The van der Waals surface area contributed by atoms with E-state index in [1.807, 2.05) is 22.6 Å². The Morgan fingerprint density at radius 3 is 3.00 bits per heavy atom. The van der Waals surface area contributed by atoms with E-state index in [2.05, 4.69) is 6.92 Å². The monoisotopic (exact) mass is 279 g/mol. The molecule has 1 aromatic rings. The van der Waals surface area contributed by atoms with E-state index in [4.69, 9.17) is 10.5 Å². The minimum atomic E-state index is 0.0690. The van der Waals surface area contributed by atoms with E-state index < -0.39 is 0 Å². The molecule has 5 nitrogen and oxygen atoms in total. The summed E-state index contributed by atoms with van der Waals surface area (Å²) in [4.78, 5) is 14.5. The van der Waals surface area contributed by atoms with Gasteiger partial charge in [0.15, 0.2) is 0 Å². The van der Waals surface area contributed by atoms with Gasteiger partial charge in [-0.05, 0) is 32.3 Å². The summed E-state index contributed by atoms with van der Waals surface area (Å²) >= 11 is 0. The topological polar surface area (TPSA) is 60.5 Å². The Kier molecular flexibility index (Phi) is 5.06. The molecule has 0 radical (unpaired) electrons. The number of carbonyl (C=O) groups is 1. The van der Waals surface area contributed by atoms with Gasteiger partial charge in [-0.15, -0.1) is 0 Å². The zero-order valence-corrected chi connectivity index (χ0v) is 12.5. The number of nitrogen functional groups attached to an aromatic ring is 1. The van der Waals surface area contributed by atoms with Crippen LogP contribution in [0.4, 0.5) is 5.69 Å². The summed E-state index contributed by atoms with van der Waals surface area (Å²) in [5.74, 6) is 0.0690. The Balaban J connectivity index is 2.10. The molecule has 2 N–H and O–H groups in total. The third-order valence-electron chi connectivity index (χ3n) is 3.67. The van der Waals surface area contributed by atoms with Crippen LogP contribution in [0.1, 0.15) is 43.6 Å². The lowest BCUT2D eigenvalue weighted by atomic mass is 10.1. The minimum Gasteiger partial charge on any atom is -0.397 e. The van der Waals surface area contributed by atoms with Crippen LogP contribution in [-0.2, 0) is 11.3 Å². The molecule has 1 aromatic heterocycles. The van der Waals surface area contributed by atoms with Crippen molar-refractivity contribution in [3.8, 4) is 0 Å². The lowest BCUT2D eigenvalue weighted by molar-refractivity contribution is 0.00686. The van der Waals surface area contributed by atoms with E-state index in [0.717, 1.165) is 32.4 Å². The Morgan fingerprint density at radius 1 is 1.50 bits per heavy atom. The number of aryl methyl sites for hydroxylation is 1. The van der Waals surface area contributed by atoms with Gasteiger partial charge in [-0.1, -0.05) is 6.92 Å². The average molecular weight is 279 g/mol. The fourth-order valence-corrected chi connectivity index (χ4v) is 2.79. The van der Waals surface area contributed by atoms with Gasteiger partial charge >= 0.3 is 0 Å². The molecular weight excluding hydrogens is 254 g/mol. The Labute approximate surface area is 120 Å². The van der Waals surface area contributed by atoms with E-state index in [0.29, 0.717) is 24.5 Å². The van der Waals surface area contributed by atoms with Gasteiger partial charge in [0.05, 0.1) is 11.8 Å². The summed E-state index contributed by atoms with van der Waals surface area (Å²) in [6, 6.07) is 1.78. The van der Waals surface area contributed by atoms with Crippen LogP contribution in [0.25, 0.3) is 0 Å². The maximum Gasteiger partial charge on any atom is 0.270 e. The molecule has 1 aliphatic heterocycles. The fraction of sp³-hybridized carbons (Fsp3) is 0.667. The molecule has 5 heteroatoms.